The molecule has 1 aromatic heterocycles. The second-order valence-corrected chi connectivity index (χ2v) is 11.1. The summed E-state index contributed by atoms with van der Waals surface area (Å²) in [5.41, 5.74) is 1.44. The zero-order chi connectivity index (χ0) is 31.7. The Labute approximate surface area is 256 Å². The minimum Gasteiger partial charge on any atom is -0.490 e. The summed E-state index contributed by atoms with van der Waals surface area (Å²) >= 11 is 0. The van der Waals surface area contributed by atoms with E-state index in [1.807, 2.05) is 43.3 Å². The molecule has 0 saturated carbocycles. The van der Waals surface area contributed by atoms with Crippen molar-refractivity contribution < 1.29 is 37.0 Å². The summed E-state index contributed by atoms with van der Waals surface area (Å²) in [6, 6.07) is 16.0. The van der Waals surface area contributed by atoms with Gasteiger partial charge in [-0.2, -0.15) is 4.39 Å². The number of piperazine rings is 1. The Kier molecular flexibility index (Phi) is 8.14. The Morgan fingerprint density at radius 3 is 2.33 bits per heavy atom. The Morgan fingerprint density at radius 1 is 1.00 bits per heavy atom. The van der Waals surface area contributed by atoms with Crippen molar-refractivity contribution in [2.45, 2.75) is 25.6 Å². The highest BCUT2D eigenvalue weighted by molar-refractivity contribution is 5.49. The van der Waals surface area contributed by atoms with Gasteiger partial charge in [0.2, 0.25) is 11.6 Å². The van der Waals surface area contributed by atoms with Gasteiger partial charge in [-0.05, 0) is 53.8 Å². The smallest absolute Gasteiger partial charge is 0.415 e. The Hall–Kier alpha value is -4.98. The molecule has 236 valence electrons. The topological polar surface area (TPSA) is 104 Å². The lowest BCUT2D eigenvalue weighted by atomic mass is 10.1. The molecular formula is C31H30F3N5O6. The predicted molar refractivity (Wildman–Crippen MR) is 157 cm³/mol. The number of methoxy groups -OCH3 is 1. The van der Waals surface area contributed by atoms with Gasteiger partial charge >= 0.3 is 11.8 Å². The van der Waals surface area contributed by atoms with Crippen LogP contribution in [0.4, 0.5) is 24.7 Å². The van der Waals surface area contributed by atoms with E-state index in [1.54, 1.807) is 16.7 Å². The van der Waals surface area contributed by atoms with Crippen LogP contribution in [-0.2, 0) is 13.1 Å². The zero-order valence-corrected chi connectivity index (χ0v) is 24.5. The number of halogens is 3. The van der Waals surface area contributed by atoms with E-state index in [0.29, 0.717) is 18.0 Å². The van der Waals surface area contributed by atoms with Gasteiger partial charge in [-0.25, -0.2) is 8.78 Å². The number of imidazole rings is 1. The van der Waals surface area contributed by atoms with Crippen molar-refractivity contribution >= 4 is 11.5 Å². The molecule has 11 nitrogen and oxygen atoms in total. The van der Waals surface area contributed by atoms with Crippen LogP contribution in [0.2, 0.25) is 0 Å². The highest BCUT2D eigenvalue weighted by Gasteiger charge is 2.41. The van der Waals surface area contributed by atoms with Crippen LogP contribution < -0.4 is 23.8 Å². The molecule has 14 heteroatoms. The highest BCUT2D eigenvalue weighted by atomic mass is 19.2. The lowest BCUT2D eigenvalue weighted by molar-refractivity contribution is -0.389. The summed E-state index contributed by atoms with van der Waals surface area (Å²) in [4.78, 5) is 18.9. The van der Waals surface area contributed by atoms with Crippen LogP contribution in [0.3, 0.4) is 0 Å². The van der Waals surface area contributed by atoms with Gasteiger partial charge in [-0.1, -0.05) is 12.1 Å². The molecule has 0 bridgehead atoms. The van der Waals surface area contributed by atoms with Crippen molar-refractivity contribution in [1.29, 1.82) is 0 Å². The molecule has 1 saturated heterocycles. The number of hydrogen-bond acceptors (Lipinski definition) is 9. The average Bonchev–Trinajstić information content (AvgIpc) is 3.56. The van der Waals surface area contributed by atoms with Crippen molar-refractivity contribution in [3.05, 3.63) is 93.9 Å². The van der Waals surface area contributed by atoms with Gasteiger partial charge < -0.3 is 34.0 Å². The van der Waals surface area contributed by atoms with E-state index in [4.69, 9.17) is 18.9 Å². The molecule has 2 aliphatic heterocycles. The van der Waals surface area contributed by atoms with Gasteiger partial charge in [0.1, 0.15) is 24.3 Å². The fourth-order valence-electron chi connectivity index (χ4n) is 5.38. The first-order valence-electron chi connectivity index (χ1n) is 14.2. The number of ether oxygens (including phenoxy) is 4. The molecule has 1 atom stereocenters. The number of benzene rings is 3. The SMILES string of the molecule is COc1c(Oc2ccc(CN3CCN(c4ccc(OC[C@@]5(C)Cn6cc([N+](=O)[O-])nc6O5)cc4)CC3)cc2)cc(F)c(F)c1F. The minimum absolute atomic E-state index is 0.215. The number of nitro groups is 1. The summed E-state index contributed by atoms with van der Waals surface area (Å²) in [5.74, 6) is -4.39. The van der Waals surface area contributed by atoms with E-state index < -0.39 is 33.7 Å². The molecule has 0 amide bonds. The standard InChI is InChI=1S/C31H30F3N5O6/c1-31(18-38-17-26(39(40)41)35-30(38)45-31)19-43-22-9-5-21(6-10-22)37-13-11-36(12-14-37)16-20-3-7-23(8-4-20)44-25-15-24(32)27(33)28(34)29(25)42-2/h3-10,15,17H,11-14,16,18-19H2,1-2H3/t31-/m1/s1. The van der Waals surface area contributed by atoms with Crippen molar-refractivity contribution in [1.82, 2.24) is 14.5 Å². The molecule has 0 radical (unpaired) electrons. The van der Waals surface area contributed by atoms with E-state index in [0.717, 1.165) is 57.2 Å². The molecule has 3 aromatic carbocycles. The Morgan fingerprint density at radius 2 is 1.69 bits per heavy atom. The van der Waals surface area contributed by atoms with Crippen LogP contribution in [0, 0.1) is 27.6 Å². The van der Waals surface area contributed by atoms with Gasteiger partial charge in [0.25, 0.3) is 0 Å². The fourth-order valence-corrected chi connectivity index (χ4v) is 5.38. The Bertz CT molecular complexity index is 1670. The molecule has 4 aromatic rings. The van der Waals surface area contributed by atoms with Crippen LogP contribution in [0.15, 0.2) is 60.8 Å². The van der Waals surface area contributed by atoms with Crippen LogP contribution in [0.1, 0.15) is 12.5 Å². The number of nitrogens with zero attached hydrogens (tertiary/aromatic N) is 5. The maximum Gasteiger partial charge on any atom is 0.415 e. The zero-order valence-electron chi connectivity index (χ0n) is 24.5. The van der Waals surface area contributed by atoms with Crippen molar-refractivity contribution in [2.75, 3.05) is 44.8 Å². The second-order valence-electron chi connectivity index (χ2n) is 11.1. The van der Waals surface area contributed by atoms with Gasteiger partial charge in [0.05, 0.1) is 13.7 Å². The first kappa shape index (κ1) is 30.1. The lowest BCUT2D eigenvalue weighted by Crippen LogP contribution is -2.45. The summed E-state index contributed by atoms with van der Waals surface area (Å²) in [6.07, 6.45) is 1.36. The molecule has 0 N–H and O–H groups in total. The second kappa shape index (κ2) is 12.2. The number of anilines is 1. The minimum atomic E-state index is -1.62. The monoisotopic (exact) mass is 625 g/mol. The molecule has 1 fully saturated rings. The molecule has 45 heavy (non-hydrogen) atoms. The van der Waals surface area contributed by atoms with E-state index >= 15 is 0 Å². The Balaban J connectivity index is 0.967. The van der Waals surface area contributed by atoms with E-state index in [9.17, 15) is 23.3 Å². The van der Waals surface area contributed by atoms with Crippen LogP contribution in [-0.4, -0.2) is 64.9 Å². The quantitative estimate of drug-likeness (QED) is 0.127. The average molecular weight is 626 g/mol. The predicted octanol–water partition coefficient (Wildman–Crippen LogP) is 5.56. The summed E-state index contributed by atoms with van der Waals surface area (Å²) in [6.45, 7) is 6.63. The van der Waals surface area contributed by atoms with E-state index in [2.05, 4.69) is 14.8 Å². The van der Waals surface area contributed by atoms with E-state index in [1.165, 1.54) is 6.20 Å². The van der Waals surface area contributed by atoms with Gasteiger partial charge in [-0.15, -0.1) is 0 Å². The molecule has 0 aliphatic carbocycles. The molecule has 0 spiro atoms. The fraction of sp³-hybridized carbons (Fsp3) is 0.323. The van der Waals surface area contributed by atoms with Crippen molar-refractivity contribution in [3.8, 4) is 29.0 Å². The van der Waals surface area contributed by atoms with Gasteiger partial charge in [0.15, 0.2) is 23.0 Å². The number of rotatable bonds is 10. The number of fused-ring (bicyclic) bond motifs is 1. The van der Waals surface area contributed by atoms with Crippen LogP contribution in [0.5, 0.6) is 29.0 Å². The third kappa shape index (κ3) is 6.45. The first-order valence-corrected chi connectivity index (χ1v) is 14.2. The van der Waals surface area contributed by atoms with Crippen LogP contribution in [0.25, 0.3) is 0 Å². The normalized spacial score (nSPS) is 17.9. The van der Waals surface area contributed by atoms with Crippen molar-refractivity contribution in [3.63, 3.8) is 0 Å². The third-order valence-corrected chi connectivity index (χ3v) is 7.72. The molecular weight excluding hydrogens is 595 g/mol. The highest BCUT2D eigenvalue weighted by Crippen LogP contribution is 2.37. The number of aromatic nitrogens is 2. The maximum absolute atomic E-state index is 14.0. The summed E-state index contributed by atoms with van der Waals surface area (Å²) in [5, 5.41) is 10.9. The number of hydrogen-bond donors (Lipinski definition) is 0. The third-order valence-electron chi connectivity index (χ3n) is 7.72. The molecule has 0 unspecified atom stereocenters. The van der Waals surface area contributed by atoms with E-state index in [-0.39, 0.29) is 24.2 Å². The first-order chi connectivity index (χ1) is 21.6. The van der Waals surface area contributed by atoms with Crippen LogP contribution >= 0.6 is 0 Å². The lowest BCUT2D eigenvalue weighted by Gasteiger charge is -2.36. The summed E-state index contributed by atoms with van der Waals surface area (Å²) in [7, 11) is 1.15. The summed E-state index contributed by atoms with van der Waals surface area (Å²) < 4.78 is 65.1. The maximum atomic E-state index is 14.0. The largest absolute Gasteiger partial charge is 0.490 e. The molecule has 3 heterocycles. The molecule has 6 rings (SSSR count). The van der Waals surface area contributed by atoms with Gasteiger partial charge in [-0.3, -0.25) is 9.47 Å². The van der Waals surface area contributed by atoms with Crippen molar-refractivity contribution in [2.24, 2.45) is 0 Å². The van der Waals surface area contributed by atoms with Gasteiger partial charge in [0, 0.05) is 49.5 Å². The molecule has 2 aliphatic rings.